The summed E-state index contributed by atoms with van der Waals surface area (Å²) < 4.78 is 77.2. The maximum Gasteiger partial charge on any atom is 0.391 e. The van der Waals surface area contributed by atoms with Gasteiger partial charge in [-0.1, -0.05) is 24.6 Å². The van der Waals surface area contributed by atoms with E-state index in [2.05, 4.69) is 0 Å². The molecule has 4 rings (SSSR count). The number of sulfonamides is 1. The summed E-state index contributed by atoms with van der Waals surface area (Å²) in [7, 11) is -3.92. The summed E-state index contributed by atoms with van der Waals surface area (Å²) in [6.07, 6.45) is -3.79. The Morgan fingerprint density at radius 3 is 2.40 bits per heavy atom. The molecule has 0 bridgehead atoms. The van der Waals surface area contributed by atoms with Gasteiger partial charge < -0.3 is 9.80 Å². The number of halogens is 4. The number of hydrogen-bond donors (Lipinski definition) is 1. The minimum atomic E-state index is -4.33. The van der Waals surface area contributed by atoms with E-state index in [0.717, 1.165) is 0 Å². The highest BCUT2D eigenvalue weighted by Crippen LogP contribution is 2.41. The largest absolute Gasteiger partial charge is 0.391 e. The Balaban J connectivity index is 1.61. The Morgan fingerprint density at radius 2 is 1.74 bits per heavy atom. The fraction of sp³-hybridized carbons (Fsp3) is 0.458. The van der Waals surface area contributed by atoms with E-state index < -0.39 is 39.9 Å². The number of piperazine rings is 1. The fourth-order valence-corrected chi connectivity index (χ4v) is 5.61. The molecule has 35 heavy (non-hydrogen) atoms. The zero-order valence-corrected chi connectivity index (χ0v) is 19.7. The van der Waals surface area contributed by atoms with Crippen molar-refractivity contribution < 1.29 is 30.8 Å². The van der Waals surface area contributed by atoms with Crippen LogP contribution in [-0.2, 0) is 14.8 Å². The molecule has 2 aromatic carbocycles. The highest BCUT2D eigenvalue weighted by molar-refractivity contribution is 7.89. The van der Waals surface area contributed by atoms with Gasteiger partial charge in [0.15, 0.2) is 0 Å². The SMILES string of the molecule is NS(=O)(=O)c1cccc(N2CCN(C(=O)C3CCC[C@H](C(F)(F)F)C3)[C@@H](c3ccc(F)cc3)C2)c1. The Hall–Kier alpha value is -2.66. The van der Waals surface area contributed by atoms with E-state index in [1.165, 1.54) is 24.3 Å². The number of carbonyl (C=O) groups is 1. The van der Waals surface area contributed by atoms with Gasteiger partial charge in [0.2, 0.25) is 15.9 Å². The van der Waals surface area contributed by atoms with Crippen LogP contribution in [0.2, 0.25) is 0 Å². The molecule has 0 radical (unpaired) electrons. The quantitative estimate of drug-likeness (QED) is 0.621. The second-order valence-electron chi connectivity index (χ2n) is 9.19. The van der Waals surface area contributed by atoms with Crippen LogP contribution in [-0.4, -0.2) is 45.0 Å². The molecule has 2 fully saturated rings. The summed E-state index contributed by atoms with van der Waals surface area (Å²) in [4.78, 5) is 16.9. The molecule has 2 aliphatic rings. The van der Waals surface area contributed by atoms with E-state index in [1.54, 1.807) is 29.2 Å². The number of primary sulfonamides is 1. The molecule has 3 atom stereocenters. The summed E-state index contributed by atoms with van der Waals surface area (Å²) in [6, 6.07) is 11.3. The monoisotopic (exact) mass is 513 g/mol. The van der Waals surface area contributed by atoms with Crippen LogP contribution in [0.4, 0.5) is 23.2 Å². The van der Waals surface area contributed by atoms with Crippen molar-refractivity contribution in [3.8, 4) is 0 Å². The molecule has 2 aromatic rings. The van der Waals surface area contributed by atoms with E-state index in [-0.39, 0.29) is 36.7 Å². The molecule has 1 saturated carbocycles. The molecule has 190 valence electrons. The molecule has 1 amide bonds. The predicted octanol–water partition coefficient (Wildman–Crippen LogP) is 4.23. The molecular weight excluding hydrogens is 486 g/mol. The summed E-state index contributed by atoms with van der Waals surface area (Å²) >= 11 is 0. The van der Waals surface area contributed by atoms with Crippen molar-refractivity contribution >= 4 is 21.6 Å². The minimum absolute atomic E-state index is 0.0306. The number of nitrogens with zero attached hydrogens (tertiary/aromatic N) is 2. The van der Waals surface area contributed by atoms with Crippen molar-refractivity contribution in [2.45, 2.75) is 42.8 Å². The van der Waals surface area contributed by atoms with Gasteiger partial charge in [0.1, 0.15) is 5.82 Å². The smallest absolute Gasteiger partial charge is 0.367 e. The third kappa shape index (κ3) is 5.78. The average molecular weight is 514 g/mol. The van der Waals surface area contributed by atoms with Crippen molar-refractivity contribution in [2.24, 2.45) is 17.0 Å². The Morgan fingerprint density at radius 1 is 1.03 bits per heavy atom. The molecule has 11 heteroatoms. The second kappa shape index (κ2) is 9.77. The van der Waals surface area contributed by atoms with Crippen LogP contribution in [0.15, 0.2) is 53.4 Å². The van der Waals surface area contributed by atoms with E-state index in [1.807, 2.05) is 4.90 Å². The van der Waals surface area contributed by atoms with Crippen molar-refractivity contribution in [1.29, 1.82) is 0 Å². The molecule has 1 saturated heterocycles. The van der Waals surface area contributed by atoms with E-state index in [4.69, 9.17) is 5.14 Å². The van der Waals surface area contributed by atoms with Crippen LogP contribution >= 0.6 is 0 Å². The van der Waals surface area contributed by atoms with Crippen LogP contribution in [0.25, 0.3) is 0 Å². The lowest BCUT2D eigenvalue weighted by atomic mass is 9.80. The molecule has 1 aliphatic carbocycles. The van der Waals surface area contributed by atoms with E-state index in [0.29, 0.717) is 30.6 Å². The van der Waals surface area contributed by atoms with Gasteiger partial charge in [-0.05, 0) is 55.2 Å². The number of benzene rings is 2. The number of alkyl halides is 3. The summed E-state index contributed by atoms with van der Waals surface area (Å²) in [5, 5.41) is 5.26. The van der Waals surface area contributed by atoms with Crippen LogP contribution in [0.5, 0.6) is 0 Å². The van der Waals surface area contributed by atoms with Crippen molar-refractivity contribution in [3.05, 3.63) is 59.9 Å². The molecule has 1 heterocycles. The summed E-state index contributed by atoms with van der Waals surface area (Å²) in [6.45, 7) is 0.849. The topological polar surface area (TPSA) is 83.7 Å². The molecule has 1 aliphatic heterocycles. The Kier molecular flexibility index (Phi) is 7.10. The van der Waals surface area contributed by atoms with Crippen molar-refractivity contribution in [3.63, 3.8) is 0 Å². The highest BCUT2D eigenvalue weighted by Gasteiger charge is 2.45. The lowest BCUT2D eigenvalue weighted by Crippen LogP contribution is -2.53. The van der Waals surface area contributed by atoms with Gasteiger partial charge in [-0.2, -0.15) is 13.2 Å². The minimum Gasteiger partial charge on any atom is -0.367 e. The number of amides is 1. The van der Waals surface area contributed by atoms with Crippen LogP contribution in [0.3, 0.4) is 0 Å². The predicted molar refractivity (Wildman–Crippen MR) is 122 cm³/mol. The first-order valence-electron chi connectivity index (χ1n) is 11.4. The van der Waals surface area contributed by atoms with Gasteiger partial charge in [0, 0.05) is 31.2 Å². The van der Waals surface area contributed by atoms with Gasteiger partial charge in [0.25, 0.3) is 0 Å². The molecule has 6 nitrogen and oxygen atoms in total. The first-order chi connectivity index (χ1) is 16.4. The standard InChI is InChI=1S/C24H27F4N3O3S/c25-19-9-7-16(8-10-19)22-15-30(20-5-2-6-21(14-20)35(29,33)34)11-12-31(22)23(32)17-3-1-4-18(13-17)24(26,27)28/h2,5-10,14,17-18,22H,1,3-4,11-13,15H2,(H2,29,33,34)/t17?,18-,22+/m0/s1. The molecular formula is C24H27F4N3O3S. The summed E-state index contributed by atoms with van der Waals surface area (Å²) in [5.74, 6) is -2.99. The maximum atomic E-state index is 13.6. The number of nitrogens with two attached hydrogens (primary N) is 1. The zero-order chi connectivity index (χ0) is 25.4. The number of anilines is 1. The molecule has 1 unspecified atom stereocenters. The third-order valence-electron chi connectivity index (χ3n) is 6.92. The van der Waals surface area contributed by atoms with Gasteiger partial charge >= 0.3 is 6.18 Å². The van der Waals surface area contributed by atoms with Crippen LogP contribution in [0.1, 0.15) is 37.3 Å². The van der Waals surface area contributed by atoms with Crippen molar-refractivity contribution in [1.82, 2.24) is 4.90 Å². The number of carbonyl (C=O) groups excluding carboxylic acids is 1. The Bertz CT molecular complexity index is 1170. The number of hydrogen-bond acceptors (Lipinski definition) is 4. The van der Waals surface area contributed by atoms with E-state index >= 15 is 0 Å². The normalized spacial score (nSPS) is 23.9. The fourth-order valence-electron chi connectivity index (χ4n) is 5.05. The first-order valence-corrected chi connectivity index (χ1v) is 13.0. The zero-order valence-electron chi connectivity index (χ0n) is 18.9. The molecule has 2 N–H and O–H groups in total. The average Bonchev–Trinajstić information content (AvgIpc) is 2.83. The van der Waals surface area contributed by atoms with E-state index in [9.17, 15) is 30.8 Å². The second-order valence-corrected chi connectivity index (χ2v) is 10.8. The summed E-state index contributed by atoms with van der Waals surface area (Å²) in [5.41, 5.74) is 1.24. The van der Waals surface area contributed by atoms with Gasteiger partial charge in [-0.3, -0.25) is 4.79 Å². The van der Waals surface area contributed by atoms with Crippen LogP contribution < -0.4 is 10.0 Å². The third-order valence-corrected chi connectivity index (χ3v) is 7.83. The molecule has 0 aromatic heterocycles. The lowest BCUT2D eigenvalue weighted by Gasteiger charge is -2.44. The lowest BCUT2D eigenvalue weighted by molar-refractivity contribution is -0.187. The number of rotatable bonds is 4. The van der Waals surface area contributed by atoms with Gasteiger partial charge in [-0.25, -0.2) is 17.9 Å². The molecule has 0 spiro atoms. The first kappa shape index (κ1) is 25.4. The van der Waals surface area contributed by atoms with Crippen LogP contribution in [0, 0.1) is 17.7 Å². The highest BCUT2D eigenvalue weighted by atomic mass is 32.2. The maximum absolute atomic E-state index is 13.6. The van der Waals surface area contributed by atoms with Crippen molar-refractivity contribution in [2.75, 3.05) is 24.5 Å². The van der Waals surface area contributed by atoms with Gasteiger partial charge in [-0.15, -0.1) is 0 Å². The Labute approximate surface area is 201 Å². The van der Waals surface area contributed by atoms with Gasteiger partial charge in [0.05, 0.1) is 16.9 Å².